The minimum absolute atomic E-state index is 0.678. The number of fused-ring (bicyclic) bond motifs is 1. The first-order valence-corrected chi connectivity index (χ1v) is 7.61. The Hall–Kier alpha value is -2.47. The lowest BCUT2D eigenvalue weighted by Crippen LogP contribution is -2.20. The number of hydrogen-bond acceptors (Lipinski definition) is 4. The number of para-hydroxylation sites is 1. The van der Waals surface area contributed by atoms with Crippen molar-refractivity contribution in [2.45, 2.75) is 6.92 Å². The lowest BCUT2D eigenvalue weighted by Gasteiger charge is -2.06. The molecule has 1 aliphatic rings. The van der Waals surface area contributed by atoms with Gasteiger partial charge in [0.25, 0.3) is 0 Å². The zero-order valence-electron chi connectivity index (χ0n) is 12.1. The lowest BCUT2D eigenvalue weighted by molar-refractivity contribution is 0.877. The van der Waals surface area contributed by atoms with Gasteiger partial charge in [-0.1, -0.05) is 30.4 Å². The Labute approximate surface area is 132 Å². The molecule has 3 aromatic rings. The van der Waals surface area contributed by atoms with Crippen LogP contribution in [0.4, 0.5) is 0 Å². The number of nitrogens with zero attached hydrogens (tertiary/aromatic N) is 3. The normalized spacial score (nSPS) is 14.1. The predicted octanol–water partition coefficient (Wildman–Crippen LogP) is 2.74. The molecule has 0 amide bonds. The summed E-state index contributed by atoms with van der Waals surface area (Å²) in [6.07, 6.45) is 0. The molecule has 22 heavy (non-hydrogen) atoms. The van der Waals surface area contributed by atoms with Crippen molar-refractivity contribution < 1.29 is 0 Å². The fraction of sp³-hybridized carbons (Fsp3) is 0.188. The molecular formula is C16H15N5S. The second kappa shape index (κ2) is 5.06. The summed E-state index contributed by atoms with van der Waals surface area (Å²) in [7, 11) is 0. The zero-order valence-corrected chi connectivity index (χ0v) is 12.9. The first-order valence-electron chi connectivity index (χ1n) is 7.21. The van der Waals surface area contributed by atoms with Gasteiger partial charge in [-0.15, -0.1) is 0 Å². The summed E-state index contributed by atoms with van der Waals surface area (Å²) in [5.74, 6) is 0.870. The molecule has 0 aliphatic carbocycles. The number of benzene rings is 1. The molecule has 0 saturated heterocycles. The van der Waals surface area contributed by atoms with Crippen LogP contribution < -0.4 is 5.32 Å². The average molecular weight is 309 g/mol. The fourth-order valence-electron chi connectivity index (χ4n) is 2.73. The third kappa shape index (κ3) is 2.03. The van der Waals surface area contributed by atoms with Crippen LogP contribution in [-0.2, 0) is 0 Å². The summed E-state index contributed by atoms with van der Waals surface area (Å²) >= 11 is 5.52. The molecule has 0 fully saturated rings. The van der Waals surface area contributed by atoms with E-state index in [0.29, 0.717) is 4.64 Å². The molecule has 0 radical (unpaired) electrons. The van der Waals surface area contributed by atoms with Crippen molar-refractivity contribution in [2.75, 3.05) is 13.1 Å². The van der Waals surface area contributed by atoms with Crippen molar-refractivity contribution in [3.8, 4) is 5.69 Å². The maximum absolute atomic E-state index is 5.52. The largest absolute Gasteiger partial charge is 0.368 e. The Morgan fingerprint density at radius 1 is 1.23 bits per heavy atom. The smallest absolute Gasteiger partial charge is 0.142 e. The number of rotatable bonds is 2. The molecule has 1 aliphatic heterocycles. The van der Waals surface area contributed by atoms with E-state index in [1.165, 1.54) is 0 Å². The van der Waals surface area contributed by atoms with Crippen LogP contribution in [0.2, 0.25) is 0 Å². The third-order valence-electron chi connectivity index (χ3n) is 3.80. The van der Waals surface area contributed by atoms with Crippen LogP contribution in [0.5, 0.6) is 0 Å². The zero-order chi connectivity index (χ0) is 15.1. The van der Waals surface area contributed by atoms with E-state index in [-0.39, 0.29) is 0 Å². The molecule has 0 saturated carbocycles. The van der Waals surface area contributed by atoms with Crippen molar-refractivity contribution in [3.63, 3.8) is 0 Å². The second-order valence-electron chi connectivity index (χ2n) is 5.26. The van der Waals surface area contributed by atoms with Crippen molar-refractivity contribution in [1.82, 2.24) is 20.1 Å². The number of aromatic nitrogens is 3. The number of amidine groups is 1. The first-order chi connectivity index (χ1) is 10.7. The van der Waals surface area contributed by atoms with Crippen LogP contribution in [0.3, 0.4) is 0 Å². The summed E-state index contributed by atoms with van der Waals surface area (Å²) in [4.78, 5) is 7.78. The standard InChI is InChI=1S/C16H15N5S/c1-10-12-9-13(14-17-7-8-18-14)16(22)19-15(12)21(20-10)11-5-3-2-4-6-11/h2-6,9H,7-8H2,1H3,(H,17,18)(H,19,22). The molecule has 6 heteroatoms. The predicted molar refractivity (Wildman–Crippen MR) is 90.4 cm³/mol. The summed E-state index contributed by atoms with van der Waals surface area (Å²) in [6, 6.07) is 12.1. The Kier molecular flexibility index (Phi) is 3.04. The average Bonchev–Trinajstić information content (AvgIpc) is 3.16. The van der Waals surface area contributed by atoms with Crippen LogP contribution in [-0.4, -0.2) is 33.7 Å². The Morgan fingerprint density at radius 2 is 2.05 bits per heavy atom. The van der Waals surface area contributed by atoms with E-state index >= 15 is 0 Å². The van der Waals surface area contributed by atoms with E-state index in [1.807, 2.05) is 41.9 Å². The summed E-state index contributed by atoms with van der Waals surface area (Å²) in [5, 5.41) is 8.98. The summed E-state index contributed by atoms with van der Waals surface area (Å²) in [6.45, 7) is 3.67. The quantitative estimate of drug-likeness (QED) is 0.716. The van der Waals surface area contributed by atoms with Gasteiger partial charge in [0.2, 0.25) is 0 Å². The van der Waals surface area contributed by atoms with Crippen LogP contribution in [0.15, 0.2) is 41.4 Å². The molecule has 0 bridgehead atoms. The van der Waals surface area contributed by atoms with Crippen molar-refractivity contribution in [3.05, 3.63) is 52.3 Å². The van der Waals surface area contributed by atoms with E-state index < -0.39 is 0 Å². The van der Waals surface area contributed by atoms with E-state index in [1.54, 1.807) is 0 Å². The number of aliphatic imine (C=N–C) groups is 1. The van der Waals surface area contributed by atoms with Crippen LogP contribution in [0.1, 0.15) is 11.3 Å². The van der Waals surface area contributed by atoms with E-state index in [4.69, 9.17) is 12.2 Å². The topological polar surface area (TPSA) is 58.0 Å². The van der Waals surface area contributed by atoms with Gasteiger partial charge in [-0.25, -0.2) is 4.68 Å². The highest BCUT2D eigenvalue weighted by molar-refractivity contribution is 7.71. The highest BCUT2D eigenvalue weighted by Crippen LogP contribution is 2.22. The molecule has 0 unspecified atom stereocenters. The van der Waals surface area contributed by atoms with Crippen LogP contribution in [0.25, 0.3) is 16.7 Å². The van der Waals surface area contributed by atoms with E-state index in [0.717, 1.165) is 46.9 Å². The maximum atomic E-state index is 5.52. The number of hydrogen-bond donors (Lipinski definition) is 2. The number of nitrogens with one attached hydrogen (secondary N) is 2. The van der Waals surface area contributed by atoms with Gasteiger partial charge >= 0.3 is 0 Å². The molecule has 0 spiro atoms. The van der Waals surface area contributed by atoms with Crippen molar-refractivity contribution >= 4 is 29.1 Å². The first kappa shape index (κ1) is 13.2. The highest BCUT2D eigenvalue weighted by atomic mass is 32.1. The van der Waals surface area contributed by atoms with Gasteiger partial charge in [0.05, 0.1) is 23.5 Å². The number of H-pyrrole nitrogens is 1. The van der Waals surface area contributed by atoms with Gasteiger partial charge < -0.3 is 10.3 Å². The summed E-state index contributed by atoms with van der Waals surface area (Å²) < 4.78 is 2.58. The van der Waals surface area contributed by atoms with Gasteiger partial charge in [0, 0.05) is 11.9 Å². The number of aryl methyl sites for hydroxylation is 1. The molecular weight excluding hydrogens is 294 g/mol. The second-order valence-corrected chi connectivity index (χ2v) is 5.67. The van der Waals surface area contributed by atoms with E-state index in [2.05, 4.69) is 26.5 Å². The third-order valence-corrected chi connectivity index (χ3v) is 4.12. The minimum Gasteiger partial charge on any atom is -0.368 e. The molecule has 3 heterocycles. The monoisotopic (exact) mass is 309 g/mol. The molecule has 110 valence electrons. The Bertz CT molecular complexity index is 936. The lowest BCUT2D eigenvalue weighted by atomic mass is 10.2. The van der Waals surface area contributed by atoms with Gasteiger partial charge in [-0.2, -0.15) is 5.10 Å². The fourth-order valence-corrected chi connectivity index (χ4v) is 2.98. The maximum Gasteiger partial charge on any atom is 0.142 e. The SMILES string of the molecule is Cc1nn(-c2ccccc2)c2[nH]c(=S)c(C3=NCCN3)cc12. The summed E-state index contributed by atoms with van der Waals surface area (Å²) in [5.41, 5.74) is 3.83. The molecule has 5 nitrogen and oxygen atoms in total. The van der Waals surface area contributed by atoms with Crippen molar-refractivity contribution in [2.24, 2.45) is 4.99 Å². The Balaban J connectivity index is 1.96. The van der Waals surface area contributed by atoms with Crippen LogP contribution >= 0.6 is 12.2 Å². The minimum atomic E-state index is 0.678. The molecule has 2 N–H and O–H groups in total. The molecule has 0 atom stereocenters. The number of aromatic amines is 1. The van der Waals surface area contributed by atoms with Gasteiger partial charge in [0.15, 0.2) is 0 Å². The highest BCUT2D eigenvalue weighted by Gasteiger charge is 2.15. The number of pyridine rings is 1. The molecule has 4 rings (SSSR count). The Morgan fingerprint density at radius 3 is 2.77 bits per heavy atom. The van der Waals surface area contributed by atoms with Gasteiger partial charge in [-0.3, -0.25) is 4.99 Å². The van der Waals surface area contributed by atoms with E-state index in [9.17, 15) is 0 Å². The van der Waals surface area contributed by atoms with Crippen LogP contribution in [0, 0.1) is 11.6 Å². The van der Waals surface area contributed by atoms with Crippen molar-refractivity contribution in [1.29, 1.82) is 0 Å². The molecule has 1 aromatic carbocycles. The molecule has 2 aromatic heterocycles. The van der Waals surface area contributed by atoms with Gasteiger partial charge in [0.1, 0.15) is 16.1 Å². The van der Waals surface area contributed by atoms with Gasteiger partial charge in [-0.05, 0) is 25.1 Å².